The molecule has 4 aromatic heterocycles. The number of carbonyl (C=O) groups excluding carboxylic acids is 2. The number of aliphatic hydroxyl groups is 1. The number of hydrogen-bond donors (Lipinski definition) is 6. The van der Waals surface area contributed by atoms with Gasteiger partial charge >= 0.3 is 6.01 Å². The summed E-state index contributed by atoms with van der Waals surface area (Å²) < 4.78 is 35.5. The molecule has 8 heterocycles. The van der Waals surface area contributed by atoms with Crippen LogP contribution in [0.3, 0.4) is 0 Å². The first-order valence-electron chi connectivity index (χ1n) is 27.0. The summed E-state index contributed by atoms with van der Waals surface area (Å²) in [5, 5.41) is 41.2. The molecule has 3 aromatic carbocycles. The highest BCUT2D eigenvalue weighted by atomic mass is 32.1. The zero-order valence-electron chi connectivity index (χ0n) is 44.2. The molecule has 0 saturated carbocycles. The third-order valence-electron chi connectivity index (χ3n) is 16.2. The second-order valence-corrected chi connectivity index (χ2v) is 23.0. The molecule has 1 amide bonds. The average molecular weight is 1070 g/mol. The number of carbonyl (C=O) groups is 2. The van der Waals surface area contributed by atoms with Crippen LogP contribution in [0.2, 0.25) is 0 Å². The molecule has 2 bridgehead atoms. The average Bonchev–Trinajstić information content (AvgIpc) is 4.31. The van der Waals surface area contributed by atoms with Gasteiger partial charge in [-0.15, -0.1) is 11.3 Å². The number of amides is 1. The number of aliphatic hydroxyl groups excluding tert-OH is 1. The van der Waals surface area contributed by atoms with E-state index in [9.17, 15) is 19.8 Å². The predicted molar refractivity (Wildman–Crippen MR) is 293 cm³/mol. The first-order valence-corrected chi connectivity index (χ1v) is 27.9. The van der Waals surface area contributed by atoms with E-state index in [1.165, 1.54) is 0 Å². The van der Waals surface area contributed by atoms with Gasteiger partial charge in [0.25, 0.3) is 5.88 Å². The smallest absolute Gasteiger partial charge is 0.319 e. The topological polar surface area (TPSA) is 222 Å². The molecule has 77 heavy (non-hydrogen) atoms. The maximum absolute atomic E-state index is 17.1. The number of aryl methyl sites for hydroxylation is 2. The summed E-state index contributed by atoms with van der Waals surface area (Å²) in [6.07, 6.45) is 5.87. The Morgan fingerprint density at radius 1 is 1.05 bits per heavy atom. The zero-order valence-corrected chi connectivity index (χ0v) is 45.0. The van der Waals surface area contributed by atoms with E-state index in [1.54, 1.807) is 35.7 Å². The Labute approximate surface area is 450 Å². The van der Waals surface area contributed by atoms with Crippen molar-refractivity contribution in [1.82, 2.24) is 46.4 Å². The summed E-state index contributed by atoms with van der Waals surface area (Å²) in [4.78, 5) is 50.4. The molecular formula is C58H67FN10O7S. The molecule has 11 rings (SSSR count). The normalized spacial score (nSPS) is 22.9. The van der Waals surface area contributed by atoms with Crippen molar-refractivity contribution < 1.29 is 38.2 Å². The molecule has 4 aliphatic heterocycles. The molecule has 6 N–H and O–H groups in total. The predicted octanol–water partition coefficient (Wildman–Crippen LogP) is 8.04. The summed E-state index contributed by atoms with van der Waals surface area (Å²) in [7, 11) is 0. The molecule has 0 aliphatic carbocycles. The van der Waals surface area contributed by atoms with Gasteiger partial charge in [0.15, 0.2) is 17.1 Å². The first kappa shape index (κ1) is 52.4. The SMILES string of the molecule is CCc1cccc2cc(O)cc(-c3ncc4c(N5CC6CCC(C5)N6)nc(OCCC5CC(COc6cc(C(C)(C)CC(=O)[C@@]7(C(=O)N[C@@H](C)c8ccc(-c9scnc9C)cc8)CC(O)CN7)on6)CCN5)nc4c3F)c12. The van der Waals surface area contributed by atoms with E-state index in [2.05, 4.69) is 43.2 Å². The minimum absolute atomic E-state index is 0.0259. The molecular weight excluding hydrogens is 1000 g/mol. The van der Waals surface area contributed by atoms with Crippen molar-refractivity contribution in [3.63, 3.8) is 0 Å². The van der Waals surface area contributed by atoms with Gasteiger partial charge in [0, 0.05) is 73.8 Å². The van der Waals surface area contributed by atoms with Crippen LogP contribution in [0.4, 0.5) is 10.2 Å². The molecule has 4 saturated heterocycles. The number of ketones is 1. The highest BCUT2D eigenvalue weighted by Crippen LogP contribution is 2.40. The number of piperidine rings is 1. The molecule has 7 atom stereocenters. The second kappa shape index (κ2) is 21.6. The third kappa shape index (κ3) is 10.7. The number of benzene rings is 3. The largest absolute Gasteiger partial charge is 0.508 e. The number of rotatable bonds is 18. The van der Waals surface area contributed by atoms with Crippen molar-refractivity contribution in [3.8, 4) is 39.3 Å². The van der Waals surface area contributed by atoms with E-state index in [4.69, 9.17) is 28.9 Å². The second-order valence-electron chi connectivity index (χ2n) is 22.1. The standard InChI is InChI=1S/C58H67FN10O7S/c1-6-35-8-7-9-38-21-42(70)22-44(49(35)38)51-50(59)52-45(27-61-51)54(69-28-40-14-15-41(29-69)65-40)67-56(66-52)74-19-17-39-20-34(16-18-60-39)30-75-48-23-47(76-68-48)57(4,5)25-46(72)58(24-43(71)26-63-58)55(73)64-32(2)36-10-12-37(13-11-36)53-33(3)62-31-77-53/h7-13,21-23,27,31-32,34,39-41,43,60,63,65,70-71H,6,14-20,24-26,28-30H2,1-5H3,(H,64,73)/t32-,34?,39?,40?,41?,43?,58+/m0/s1. The van der Waals surface area contributed by atoms with E-state index >= 15 is 4.39 Å². The number of fused-ring (bicyclic) bond motifs is 4. The lowest BCUT2D eigenvalue weighted by Crippen LogP contribution is -2.60. The number of phenols is 1. The third-order valence-corrected chi connectivity index (χ3v) is 17.2. The van der Waals surface area contributed by atoms with Crippen LogP contribution in [0, 0.1) is 18.7 Å². The zero-order chi connectivity index (χ0) is 53.6. The molecule has 19 heteroatoms. The molecule has 17 nitrogen and oxygen atoms in total. The Morgan fingerprint density at radius 2 is 1.86 bits per heavy atom. The summed E-state index contributed by atoms with van der Waals surface area (Å²) >= 11 is 1.58. The fourth-order valence-corrected chi connectivity index (χ4v) is 12.7. The molecule has 7 aromatic rings. The van der Waals surface area contributed by atoms with Crippen molar-refractivity contribution in [2.45, 2.75) is 127 Å². The van der Waals surface area contributed by atoms with E-state index in [0.29, 0.717) is 60.1 Å². The number of pyridine rings is 1. The number of Topliss-reactive ketones (excluding diaryl/α,β-unsaturated/α-hetero) is 1. The summed E-state index contributed by atoms with van der Waals surface area (Å²) in [5.41, 5.74) is 3.97. The molecule has 4 aliphatic rings. The number of nitrogens with zero attached hydrogens (tertiary/aromatic N) is 6. The van der Waals surface area contributed by atoms with E-state index in [-0.39, 0.29) is 60.1 Å². The lowest BCUT2D eigenvalue weighted by molar-refractivity contribution is -0.138. The highest BCUT2D eigenvalue weighted by Gasteiger charge is 2.52. The van der Waals surface area contributed by atoms with Gasteiger partial charge in [0.05, 0.1) is 46.8 Å². The van der Waals surface area contributed by atoms with Gasteiger partial charge in [-0.05, 0) is 110 Å². The van der Waals surface area contributed by atoms with Crippen LogP contribution in [-0.4, -0.2) is 116 Å². The van der Waals surface area contributed by atoms with Gasteiger partial charge in [0.2, 0.25) is 5.91 Å². The van der Waals surface area contributed by atoms with Crippen LogP contribution < -0.4 is 35.6 Å². The molecule has 0 radical (unpaired) electrons. The number of anilines is 1. The van der Waals surface area contributed by atoms with Crippen molar-refractivity contribution in [2.75, 3.05) is 44.3 Å². The van der Waals surface area contributed by atoms with Gasteiger partial charge in [-0.3, -0.25) is 19.9 Å². The number of nitrogens with one attached hydrogen (secondary N) is 4. The fourth-order valence-electron chi connectivity index (χ4n) is 11.9. The number of thiazole rings is 1. The van der Waals surface area contributed by atoms with Crippen molar-refractivity contribution >= 4 is 50.5 Å². The Balaban J connectivity index is 0.722. The van der Waals surface area contributed by atoms with E-state index in [0.717, 1.165) is 89.8 Å². The summed E-state index contributed by atoms with van der Waals surface area (Å²) in [6.45, 7) is 12.7. The Morgan fingerprint density at radius 3 is 2.60 bits per heavy atom. The Kier molecular flexibility index (Phi) is 14.7. The van der Waals surface area contributed by atoms with Gasteiger partial charge in [-0.25, -0.2) is 9.37 Å². The van der Waals surface area contributed by atoms with Gasteiger partial charge in [-0.1, -0.05) is 63.2 Å². The van der Waals surface area contributed by atoms with Crippen LogP contribution in [0.25, 0.3) is 43.4 Å². The van der Waals surface area contributed by atoms with Crippen molar-refractivity contribution in [2.24, 2.45) is 5.92 Å². The van der Waals surface area contributed by atoms with Gasteiger partial charge in [0.1, 0.15) is 28.5 Å². The number of piperazine rings is 1. The minimum atomic E-state index is -1.62. The maximum Gasteiger partial charge on any atom is 0.319 e. The molecule has 4 fully saturated rings. The molecule has 0 spiro atoms. The quantitative estimate of drug-likeness (QED) is 0.0448. The highest BCUT2D eigenvalue weighted by molar-refractivity contribution is 7.13. The first-order chi connectivity index (χ1) is 37.1. The van der Waals surface area contributed by atoms with Gasteiger partial charge in [-0.2, -0.15) is 9.97 Å². The van der Waals surface area contributed by atoms with Crippen LogP contribution in [0.15, 0.2) is 76.9 Å². The number of β-amino-alcohol motifs (C(OH)–C–C–N with tert-alkyl or cyclic N) is 1. The number of aromatic hydroxyl groups is 1. The van der Waals surface area contributed by atoms with Crippen LogP contribution >= 0.6 is 11.3 Å². The van der Waals surface area contributed by atoms with E-state index in [1.807, 2.05) is 75.7 Å². The number of phenolic OH excluding ortho intramolecular Hbond substituents is 1. The Hall–Kier alpha value is -6.64. The van der Waals surface area contributed by atoms with Crippen molar-refractivity contribution in [3.05, 3.63) is 101 Å². The number of ether oxygens (including phenoxy) is 2. The van der Waals surface area contributed by atoms with Gasteiger partial charge < -0.3 is 45.1 Å². The molecule has 5 unspecified atom stereocenters. The molecule has 404 valence electrons. The van der Waals surface area contributed by atoms with E-state index < -0.39 is 34.8 Å². The van der Waals surface area contributed by atoms with Crippen LogP contribution in [-0.2, 0) is 21.4 Å². The van der Waals surface area contributed by atoms with Crippen LogP contribution in [0.1, 0.15) is 101 Å². The number of aromatic nitrogens is 5. The monoisotopic (exact) mass is 1070 g/mol. The fraction of sp³-hybridized carbons (Fsp3) is 0.466. The summed E-state index contributed by atoms with van der Waals surface area (Å²) in [5.74, 6) is 0.130. The summed E-state index contributed by atoms with van der Waals surface area (Å²) in [6, 6.07) is 19.2. The Bertz CT molecular complexity index is 3300. The minimum Gasteiger partial charge on any atom is -0.508 e. The number of halogens is 1. The maximum atomic E-state index is 17.1. The van der Waals surface area contributed by atoms with Crippen LogP contribution in [0.5, 0.6) is 17.6 Å². The lowest BCUT2D eigenvalue weighted by Gasteiger charge is -2.34. The van der Waals surface area contributed by atoms with Crippen molar-refractivity contribution in [1.29, 1.82) is 0 Å². The number of hydrogen-bond acceptors (Lipinski definition) is 17. The lowest BCUT2D eigenvalue weighted by atomic mass is 9.77.